The molecule has 3 N–H and O–H groups in total. The molecule has 204 valence electrons. The summed E-state index contributed by atoms with van der Waals surface area (Å²) < 4.78 is 0. The van der Waals surface area contributed by atoms with Crippen molar-refractivity contribution in [2.75, 3.05) is 0 Å². The molecule has 5 nitrogen and oxygen atoms in total. The van der Waals surface area contributed by atoms with Gasteiger partial charge in [-0.2, -0.15) is 5.10 Å². The number of nitrogens with one attached hydrogen (secondary N) is 3. The first-order valence-corrected chi connectivity index (χ1v) is 14.2. The molecule has 4 aromatic rings. The Morgan fingerprint density at radius 3 is 2.58 bits per heavy atom. The lowest BCUT2D eigenvalue weighted by Gasteiger charge is -2.11. The fourth-order valence-corrected chi connectivity index (χ4v) is 5.56. The molecule has 4 rings (SSSR count). The third-order valence-corrected chi connectivity index (χ3v) is 7.89. The third kappa shape index (κ3) is 6.08. The van der Waals surface area contributed by atoms with Crippen LogP contribution in [0.2, 0.25) is 0 Å². The van der Waals surface area contributed by atoms with E-state index in [0.717, 1.165) is 74.5 Å². The van der Waals surface area contributed by atoms with E-state index in [-0.39, 0.29) is 0 Å². The number of pyridine rings is 1. The molecule has 0 saturated carbocycles. The van der Waals surface area contributed by atoms with Gasteiger partial charge >= 0.3 is 0 Å². The number of allylic oxidation sites excluding steroid dienone is 8. The van der Waals surface area contributed by atoms with E-state index in [9.17, 15) is 0 Å². The molecule has 0 radical (unpaired) electrons. The average molecular weight is 548 g/mol. The SMILES string of the molecule is C=C/C=C(/c1ccc(C(=C)C)s1)c1cc(-c2[nH]nc3ncc(C(/C=C(\C=C)NC(=C)CCC)=C/C)cc23)[nH]c1C. The lowest BCUT2D eigenvalue weighted by Crippen LogP contribution is -2.10. The highest BCUT2D eigenvalue weighted by Crippen LogP contribution is 2.36. The molecule has 0 saturated heterocycles. The van der Waals surface area contributed by atoms with Crippen molar-refractivity contribution in [1.29, 1.82) is 0 Å². The number of thiophene rings is 1. The maximum Gasteiger partial charge on any atom is 0.181 e. The summed E-state index contributed by atoms with van der Waals surface area (Å²) in [4.78, 5) is 10.6. The predicted molar refractivity (Wildman–Crippen MR) is 174 cm³/mol. The molecule has 0 aromatic carbocycles. The highest BCUT2D eigenvalue weighted by molar-refractivity contribution is 7.14. The minimum atomic E-state index is 0.664. The molecule has 0 aliphatic carbocycles. The molecule has 0 amide bonds. The van der Waals surface area contributed by atoms with E-state index in [0.29, 0.717) is 5.65 Å². The van der Waals surface area contributed by atoms with E-state index in [2.05, 4.69) is 108 Å². The van der Waals surface area contributed by atoms with Crippen LogP contribution < -0.4 is 5.32 Å². The van der Waals surface area contributed by atoms with Gasteiger partial charge in [0.05, 0.1) is 11.4 Å². The van der Waals surface area contributed by atoms with Crippen LogP contribution in [0, 0.1) is 6.92 Å². The van der Waals surface area contributed by atoms with Crippen LogP contribution in [0.3, 0.4) is 0 Å². The van der Waals surface area contributed by atoms with E-state index in [1.165, 1.54) is 9.75 Å². The molecule has 0 fully saturated rings. The molecule has 4 aromatic heterocycles. The Bertz CT molecular complexity index is 1680. The summed E-state index contributed by atoms with van der Waals surface area (Å²) in [5.41, 5.74) is 10.7. The standard InChI is InChI=1S/C34H37N5S/c1-9-13-22(7)36-26(12-4)17-24(11-3)25-18-29-33(38-39-34(29)35-20-25)30-19-28(23(8)37-30)27(14-10-2)32-16-15-31(40-32)21(5)6/h10-12,14-20,36-37H,2,4-5,7,9,13H2,1,3,6,8H3,(H,35,38,39)/b24-11+,26-17+,27-14+. The Balaban J connectivity index is 1.73. The van der Waals surface area contributed by atoms with Gasteiger partial charge in [-0.15, -0.1) is 11.3 Å². The smallest absolute Gasteiger partial charge is 0.181 e. The van der Waals surface area contributed by atoms with E-state index in [1.807, 2.05) is 32.2 Å². The Hall–Kier alpha value is -4.42. The number of hydrogen-bond acceptors (Lipinski definition) is 4. The molecule has 0 aliphatic rings. The minimum Gasteiger partial charge on any atom is -0.359 e. The van der Waals surface area contributed by atoms with Gasteiger partial charge in [0.25, 0.3) is 0 Å². The summed E-state index contributed by atoms with van der Waals surface area (Å²) in [5.74, 6) is 0. The number of fused-ring (bicyclic) bond motifs is 1. The van der Waals surface area contributed by atoms with Crippen molar-refractivity contribution in [2.24, 2.45) is 0 Å². The summed E-state index contributed by atoms with van der Waals surface area (Å²) in [6.07, 6.45) is 13.6. The highest BCUT2D eigenvalue weighted by Gasteiger charge is 2.18. The van der Waals surface area contributed by atoms with Gasteiger partial charge in [-0.05, 0) is 74.8 Å². The molecule has 0 spiro atoms. The van der Waals surface area contributed by atoms with Crippen molar-refractivity contribution in [1.82, 2.24) is 25.5 Å². The molecule has 6 heteroatoms. The monoisotopic (exact) mass is 547 g/mol. The fraction of sp³-hybridized carbons (Fsp3) is 0.176. The van der Waals surface area contributed by atoms with Gasteiger partial charge in [-0.1, -0.05) is 57.9 Å². The van der Waals surface area contributed by atoms with Gasteiger partial charge in [-0.25, -0.2) is 4.98 Å². The van der Waals surface area contributed by atoms with Crippen molar-refractivity contribution < 1.29 is 0 Å². The molecule has 0 aliphatic heterocycles. The highest BCUT2D eigenvalue weighted by atomic mass is 32.1. The van der Waals surface area contributed by atoms with E-state index < -0.39 is 0 Å². The van der Waals surface area contributed by atoms with Crippen LogP contribution in [0.25, 0.3) is 39.1 Å². The maximum absolute atomic E-state index is 4.66. The van der Waals surface area contributed by atoms with E-state index >= 15 is 0 Å². The molecule has 0 atom stereocenters. The minimum absolute atomic E-state index is 0.664. The lowest BCUT2D eigenvalue weighted by atomic mass is 10.0. The number of aromatic amines is 2. The third-order valence-electron chi connectivity index (χ3n) is 6.61. The van der Waals surface area contributed by atoms with E-state index in [4.69, 9.17) is 0 Å². The van der Waals surface area contributed by atoms with Crippen LogP contribution in [0.5, 0.6) is 0 Å². The quantitative estimate of drug-likeness (QED) is 0.155. The number of aromatic nitrogens is 4. The Labute approximate surface area is 241 Å². The number of rotatable bonds is 12. The first-order valence-electron chi connectivity index (χ1n) is 13.4. The zero-order valence-corrected chi connectivity index (χ0v) is 24.6. The van der Waals surface area contributed by atoms with E-state index in [1.54, 1.807) is 11.3 Å². The summed E-state index contributed by atoms with van der Waals surface area (Å²) in [5, 5.41) is 12.0. The topological polar surface area (TPSA) is 69.4 Å². The first-order chi connectivity index (χ1) is 19.3. The number of H-pyrrole nitrogens is 2. The zero-order chi connectivity index (χ0) is 28.8. The first kappa shape index (κ1) is 28.6. The Kier molecular flexibility index (Phi) is 9.02. The molecule has 0 unspecified atom stereocenters. The zero-order valence-electron chi connectivity index (χ0n) is 23.8. The van der Waals surface area contributed by atoms with Crippen LogP contribution >= 0.6 is 11.3 Å². The molecular formula is C34H37N5S. The Morgan fingerprint density at radius 1 is 1.15 bits per heavy atom. The van der Waals surface area contributed by atoms with Crippen molar-refractivity contribution >= 4 is 39.1 Å². The molecule has 40 heavy (non-hydrogen) atoms. The molecule has 4 heterocycles. The average Bonchev–Trinajstić information content (AvgIpc) is 3.68. The fourth-order valence-electron chi connectivity index (χ4n) is 4.59. The van der Waals surface area contributed by atoms with Crippen molar-refractivity contribution in [3.63, 3.8) is 0 Å². The summed E-state index contributed by atoms with van der Waals surface area (Å²) in [6, 6.07) is 8.56. The van der Waals surface area contributed by atoms with Crippen molar-refractivity contribution in [3.8, 4) is 11.4 Å². The molecule has 0 bridgehead atoms. The second kappa shape index (κ2) is 12.6. The summed E-state index contributed by atoms with van der Waals surface area (Å²) >= 11 is 1.73. The van der Waals surface area contributed by atoms with Crippen LogP contribution in [-0.2, 0) is 0 Å². The van der Waals surface area contributed by atoms with Gasteiger partial charge in [0.1, 0.15) is 0 Å². The van der Waals surface area contributed by atoms with Gasteiger partial charge in [0.15, 0.2) is 5.65 Å². The van der Waals surface area contributed by atoms with Crippen molar-refractivity contribution in [2.45, 2.75) is 40.5 Å². The predicted octanol–water partition coefficient (Wildman–Crippen LogP) is 9.35. The van der Waals surface area contributed by atoms with Crippen LogP contribution in [0.15, 0.2) is 98.6 Å². The van der Waals surface area contributed by atoms with Gasteiger partial charge in [0.2, 0.25) is 0 Å². The van der Waals surface area contributed by atoms with Gasteiger partial charge in [0, 0.05) is 55.1 Å². The lowest BCUT2D eigenvalue weighted by molar-refractivity contribution is 0.829. The second-order valence-corrected chi connectivity index (χ2v) is 10.8. The maximum atomic E-state index is 4.66. The van der Waals surface area contributed by atoms with Crippen LogP contribution in [0.4, 0.5) is 0 Å². The van der Waals surface area contributed by atoms with Crippen molar-refractivity contribution in [3.05, 3.63) is 125 Å². The number of hydrogen-bond donors (Lipinski definition) is 3. The number of aryl methyl sites for hydroxylation is 1. The summed E-state index contributed by atoms with van der Waals surface area (Å²) in [7, 11) is 0. The van der Waals surface area contributed by atoms with Crippen LogP contribution in [-0.4, -0.2) is 20.2 Å². The normalized spacial score (nSPS) is 12.6. The Morgan fingerprint density at radius 2 is 1.93 bits per heavy atom. The van der Waals surface area contributed by atoms with Gasteiger partial charge < -0.3 is 10.3 Å². The second-order valence-electron chi connectivity index (χ2n) is 9.70. The molecular weight excluding hydrogens is 510 g/mol. The number of nitrogens with zero attached hydrogens (tertiary/aromatic N) is 2. The summed E-state index contributed by atoms with van der Waals surface area (Å²) in [6.45, 7) is 24.4. The van der Waals surface area contributed by atoms with Gasteiger partial charge in [-0.3, -0.25) is 5.10 Å². The largest absolute Gasteiger partial charge is 0.359 e. The van der Waals surface area contributed by atoms with Crippen LogP contribution in [0.1, 0.15) is 60.2 Å².